The summed E-state index contributed by atoms with van der Waals surface area (Å²) in [5.74, 6) is -1.79. The molecule has 0 spiro atoms. The number of aromatic nitrogens is 1. The van der Waals surface area contributed by atoms with Crippen LogP contribution in [-0.2, 0) is 32.1 Å². The molecule has 1 aliphatic carbocycles. The largest absolute Gasteiger partial charge is 0.480 e. The van der Waals surface area contributed by atoms with Gasteiger partial charge in [-0.3, -0.25) is 10.1 Å². The van der Waals surface area contributed by atoms with Crippen molar-refractivity contribution >= 4 is 34.4 Å². The molecule has 0 fully saturated rings. The summed E-state index contributed by atoms with van der Waals surface area (Å²) in [6, 6.07) is 24.3. The fourth-order valence-corrected chi connectivity index (χ4v) is 5.53. The van der Waals surface area contributed by atoms with Gasteiger partial charge in [0.25, 0.3) is 0 Å². The molecule has 1 aromatic heterocycles. The smallest absolute Gasteiger partial charge is 0.413 e. The van der Waals surface area contributed by atoms with E-state index in [1.807, 2.05) is 66.7 Å². The van der Waals surface area contributed by atoms with Crippen LogP contribution in [0.3, 0.4) is 0 Å². The quantitative estimate of drug-likeness (QED) is 0.225. The zero-order valence-electron chi connectivity index (χ0n) is 22.3. The van der Waals surface area contributed by atoms with Crippen LogP contribution < -0.4 is 10.6 Å². The van der Waals surface area contributed by atoms with Crippen LogP contribution in [0.15, 0.2) is 84.2 Å². The van der Waals surface area contributed by atoms with E-state index in [2.05, 4.69) is 27.8 Å². The Morgan fingerprint density at radius 1 is 0.951 bits per heavy atom. The van der Waals surface area contributed by atoms with E-state index >= 15 is 0 Å². The van der Waals surface area contributed by atoms with Crippen molar-refractivity contribution in [2.75, 3.05) is 11.9 Å². The molecule has 2 amide bonds. The van der Waals surface area contributed by atoms with Crippen molar-refractivity contribution in [3.05, 3.63) is 107 Å². The molecular formula is C31H29N3O6S. The molecule has 5 rings (SSSR count). The first-order valence-electron chi connectivity index (χ1n) is 13.1. The minimum Gasteiger partial charge on any atom is -0.480 e. The third-order valence-electron chi connectivity index (χ3n) is 6.85. The summed E-state index contributed by atoms with van der Waals surface area (Å²) in [6.45, 7) is 1.99. The first-order chi connectivity index (χ1) is 19.9. The van der Waals surface area contributed by atoms with Gasteiger partial charge in [0.05, 0.1) is 24.8 Å². The lowest BCUT2D eigenvalue weighted by atomic mass is 9.98. The SMILES string of the molecule is CC(OCc1ccccc1)C(NC(=O)Cc1csc(NC(=O)OCC2c3ccccc3-c3ccccc32)n1)C(=O)O. The Kier molecular flexibility index (Phi) is 8.71. The van der Waals surface area contributed by atoms with Gasteiger partial charge in [-0.1, -0.05) is 78.9 Å². The molecule has 2 atom stereocenters. The number of fused-ring (bicyclic) bond motifs is 3. The van der Waals surface area contributed by atoms with Crippen LogP contribution in [0.1, 0.15) is 35.2 Å². The van der Waals surface area contributed by atoms with Crippen molar-refractivity contribution < 1.29 is 29.0 Å². The number of benzene rings is 3. The Morgan fingerprint density at radius 3 is 2.24 bits per heavy atom. The van der Waals surface area contributed by atoms with E-state index in [1.54, 1.807) is 12.3 Å². The minimum atomic E-state index is -1.23. The van der Waals surface area contributed by atoms with E-state index in [0.717, 1.165) is 39.2 Å². The second-order valence-corrected chi connectivity index (χ2v) is 10.5. The molecule has 0 saturated heterocycles. The number of ether oxygens (including phenoxy) is 2. The van der Waals surface area contributed by atoms with E-state index in [9.17, 15) is 19.5 Å². The number of carboxylic acids is 1. The topological polar surface area (TPSA) is 127 Å². The second-order valence-electron chi connectivity index (χ2n) is 9.66. The van der Waals surface area contributed by atoms with E-state index < -0.39 is 30.1 Å². The minimum absolute atomic E-state index is 0.0649. The van der Waals surface area contributed by atoms with Gasteiger partial charge in [-0.05, 0) is 34.7 Å². The number of nitrogens with one attached hydrogen (secondary N) is 2. The molecular weight excluding hydrogens is 542 g/mol. The number of amides is 2. The van der Waals surface area contributed by atoms with Gasteiger partial charge in [0.1, 0.15) is 6.61 Å². The summed E-state index contributed by atoms with van der Waals surface area (Å²) in [5.41, 5.74) is 5.80. The van der Waals surface area contributed by atoms with Crippen molar-refractivity contribution in [3.63, 3.8) is 0 Å². The van der Waals surface area contributed by atoms with Gasteiger partial charge < -0.3 is 19.9 Å². The Bertz CT molecular complexity index is 1490. The number of hydrogen-bond acceptors (Lipinski definition) is 7. The number of rotatable bonds is 11. The third kappa shape index (κ3) is 6.79. The Balaban J connectivity index is 1.12. The molecule has 0 saturated carbocycles. The summed E-state index contributed by atoms with van der Waals surface area (Å²) < 4.78 is 11.2. The summed E-state index contributed by atoms with van der Waals surface area (Å²) in [6.07, 6.45) is -1.57. The molecule has 0 aliphatic heterocycles. The first kappa shape index (κ1) is 28.0. The number of nitrogens with zero attached hydrogens (tertiary/aromatic N) is 1. The van der Waals surface area contributed by atoms with Gasteiger partial charge >= 0.3 is 12.1 Å². The number of anilines is 1. The molecule has 41 heavy (non-hydrogen) atoms. The molecule has 210 valence electrons. The van der Waals surface area contributed by atoms with Gasteiger partial charge in [0.15, 0.2) is 11.2 Å². The maximum Gasteiger partial charge on any atom is 0.413 e. The standard InChI is InChI=1S/C31H29N3O6S/c1-19(39-16-20-9-3-2-4-10-20)28(29(36)37)33-27(35)15-21-18-41-30(32-21)34-31(38)40-17-26-24-13-7-5-11-22(24)23-12-6-8-14-25(23)26/h2-14,18-19,26,28H,15-17H2,1H3,(H,33,35)(H,36,37)(H,32,34,38). The second kappa shape index (κ2) is 12.8. The molecule has 3 N–H and O–H groups in total. The lowest BCUT2D eigenvalue weighted by Crippen LogP contribution is -2.49. The van der Waals surface area contributed by atoms with Crippen molar-refractivity contribution in [3.8, 4) is 11.1 Å². The van der Waals surface area contributed by atoms with Gasteiger partial charge in [-0.25, -0.2) is 14.6 Å². The van der Waals surface area contributed by atoms with E-state index in [-0.39, 0.29) is 30.7 Å². The average Bonchev–Trinajstić information content (AvgIpc) is 3.55. The van der Waals surface area contributed by atoms with Crippen LogP contribution in [0.5, 0.6) is 0 Å². The summed E-state index contributed by atoms with van der Waals surface area (Å²) in [7, 11) is 0. The summed E-state index contributed by atoms with van der Waals surface area (Å²) >= 11 is 1.15. The number of aliphatic carboxylic acids is 1. The Hall–Kier alpha value is -4.54. The Labute approximate surface area is 241 Å². The monoisotopic (exact) mass is 571 g/mol. The van der Waals surface area contributed by atoms with Crippen LogP contribution in [0.4, 0.5) is 9.93 Å². The maximum atomic E-state index is 12.6. The van der Waals surface area contributed by atoms with Gasteiger partial charge in [-0.15, -0.1) is 11.3 Å². The van der Waals surface area contributed by atoms with Crippen molar-refractivity contribution in [2.45, 2.75) is 38.0 Å². The maximum absolute atomic E-state index is 12.6. The zero-order chi connectivity index (χ0) is 28.8. The third-order valence-corrected chi connectivity index (χ3v) is 7.66. The van der Waals surface area contributed by atoms with Gasteiger partial charge in [0.2, 0.25) is 5.91 Å². The van der Waals surface area contributed by atoms with E-state index in [4.69, 9.17) is 9.47 Å². The molecule has 0 bridgehead atoms. The van der Waals surface area contributed by atoms with Crippen LogP contribution in [0.2, 0.25) is 0 Å². The molecule has 10 heteroatoms. The number of hydrogen-bond donors (Lipinski definition) is 3. The highest BCUT2D eigenvalue weighted by Gasteiger charge is 2.30. The molecule has 4 aromatic rings. The van der Waals surface area contributed by atoms with Crippen molar-refractivity contribution in [1.82, 2.24) is 10.3 Å². The van der Waals surface area contributed by atoms with Crippen LogP contribution in [0.25, 0.3) is 11.1 Å². The Morgan fingerprint density at radius 2 is 1.59 bits per heavy atom. The highest BCUT2D eigenvalue weighted by Crippen LogP contribution is 2.44. The summed E-state index contributed by atoms with van der Waals surface area (Å²) in [4.78, 5) is 41.2. The number of carbonyl (C=O) groups excluding carboxylic acids is 2. The number of carboxylic acid groups (broad SMARTS) is 1. The summed E-state index contributed by atoms with van der Waals surface area (Å²) in [5, 5.41) is 16.7. The van der Waals surface area contributed by atoms with E-state index in [0.29, 0.717) is 5.69 Å². The normalized spacial score (nSPS) is 13.5. The molecule has 2 unspecified atom stereocenters. The fourth-order valence-electron chi connectivity index (χ4n) is 4.83. The predicted octanol–water partition coefficient (Wildman–Crippen LogP) is 5.22. The molecule has 1 aliphatic rings. The lowest BCUT2D eigenvalue weighted by molar-refractivity contribution is -0.146. The van der Waals surface area contributed by atoms with E-state index in [1.165, 1.54) is 0 Å². The van der Waals surface area contributed by atoms with Crippen LogP contribution >= 0.6 is 11.3 Å². The zero-order valence-corrected chi connectivity index (χ0v) is 23.1. The van der Waals surface area contributed by atoms with Crippen LogP contribution in [0, 0.1) is 0 Å². The lowest BCUT2D eigenvalue weighted by Gasteiger charge is -2.22. The van der Waals surface area contributed by atoms with Crippen molar-refractivity contribution in [2.24, 2.45) is 0 Å². The molecule has 9 nitrogen and oxygen atoms in total. The first-order valence-corrected chi connectivity index (χ1v) is 14.0. The molecule has 1 heterocycles. The highest BCUT2D eigenvalue weighted by atomic mass is 32.1. The number of carbonyl (C=O) groups is 3. The molecule has 3 aromatic carbocycles. The highest BCUT2D eigenvalue weighted by molar-refractivity contribution is 7.13. The van der Waals surface area contributed by atoms with Crippen molar-refractivity contribution in [1.29, 1.82) is 0 Å². The average molecular weight is 572 g/mol. The van der Waals surface area contributed by atoms with Gasteiger partial charge in [0, 0.05) is 11.3 Å². The van der Waals surface area contributed by atoms with Crippen LogP contribution in [-0.4, -0.2) is 46.8 Å². The number of thiazole rings is 1. The van der Waals surface area contributed by atoms with Gasteiger partial charge in [-0.2, -0.15) is 0 Å². The molecule has 0 radical (unpaired) electrons. The predicted molar refractivity (Wildman–Crippen MR) is 155 cm³/mol. The fraction of sp³-hybridized carbons (Fsp3) is 0.226.